The van der Waals surface area contributed by atoms with Crippen molar-refractivity contribution >= 4 is 41.5 Å². The van der Waals surface area contributed by atoms with E-state index in [1.165, 1.54) is 20.2 Å². The third-order valence-electron chi connectivity index (χ3n) is 5.12. The molecule has 13 heteroatoms. The maximum atomic E-state index is 12.8. The number of pyridine rings is 1. The van der Waals surface area contributed by atoms with Crippen LogP contribution in [0.5, 0.6) is 11.5 Å². The van der Waals surface area contributed by atoms with Crippen LogP contribution in [0.2, 0.25) is 0 Å². The predicted octanol–water partition coefficient (Wildman–Crippen LogP) is 1.60. The first-order valence-electron chi connectivity index (χ1n) is 10.1. The fraction of sp³-hybridized carbons (Fsp3) is 0.381. The lowest BCUT2D eigenvalue weighted by Crippen LogP contribution is -2.37. The highest BCUT2D eigenvalue weighted by Crippen LogP contribution is 2.37. The number of ether oxygens (including phenoxy) is 2. The highest BCUT2D eigenvalue weighted by atomic mass is 32.2. The quantitative estimate of drug-likeness (QED) is 0.423. The molecule has 0 spiro atoms. The zero-order valence-corrected chi connectivity index (χ0v) is 21.9. The summed E-state index contributed by atoms with van der Waals surface area (Å²) >= 11 is 1.32. The van der Waals surface area contributed by atoms with Crippen molar-refractivity contribution in [3.05, 3.63) is 45.7 Å². The Bertz CT molecular complexity index is 1480. The zero-order valence-electron chi connectivity index (χ0n) is 19.5. The van der Waals surface area contributed by atoms with Gasteiger partial charge in [0.15, 0.2) is 11.5 Å². The summed E-state index contributed by atoms with van der Waals surface area (Å²) in [6, 6.07) is 7.14. The molecule has 3 aromatic rings. The molecule has 0 fully saturated rings. The second-order valence-corrected chi connectivity index (χ2v) is 12.7. The van der Waals surface area contributed by atoms with Gasteiger partial charge in [0.1, 0.15) is 0 Å². The van der Waals surface area contributed by atoms with Gasteiger partial charge in [-0.15, -0.1) is 11.3 Å². The van der Waals surface area contributed by atoms with Gasteiger partial charge < -0.3 is 14.0 Å². The smallest absolute Gasteiger partial charge is 0.259 e. The van der Waals surface area contributed by atoms with E-state index in [0.29, 0.717) is 26.5 Å². The molecule has 3 rings (SSSR count). The molecule has 0 unspecified atom stereocenters. The number of hydrogen-bond acceptors (Lipinski definition) is 8. The van der Waals surface area contributed by atoms with Gasteiger partial charge >= 0.3 is 0 Å². The molecule has 2 heterocycles. The highest BCUT2D eigenvalue weighted by molar-refractivity contribution is 7.88. The van der Waals surface area contributed by atoms with Gasteiger partial charge in [-0.3, -0.25) is 4.79 Å². The zero-order chi connectivity index (χ0) is 25.3. The molecular weight excluding hydrogens is 502 g/mol. The van der Waals surface area contributed by atoms with E-state index in [1.54, 1.807) is 39.6 Å². The van der Waals surface area contributed by atoms with Gasteiger partial charge in [-0.05, 0) is 23.8 Å². The summed E-state index contributed by atoms with van der Waals surface area (Å²) in [4.78, 5) is 13.5. The van der Waals surface area contributed by atoms with E-state index in [-0.39, 0.29) is 25.2 Å². The SMILES string of the molecule is COc1ccc(-c2cn(C)c(=O)c3cc(CN(CCNS(C)(=O)=O)S(C)(=O)=O)sc23)cc1OC. The number of methoxy groups -OCH3 is 2. The molecule has 0 amide bonds. The van der Waals surface area contributed by atoms with E-state index in [1.807, 2.05) is 12.1 Å². The van der Waals surface area contributed by atoms with Crippen LogP contribution in [0.25, 0.3) is 21.2 Å². The van der Waals surface area contributed by atoms with E-state index in [2.05, 4.69) is 4.72 Å². The van der Waals surface area contributed by atoms with Crippen molar-refractivity contribution in [2.24, 2.45) is 7.05 Å². The third kappa shape index (κ3) is 5.96. The Morgan fingerprint density at radius 3 is 2.32 bits per heavy atom. The average molecular weight is 530 g/mol. The number of aryl methyl sites for hydroxylation is 1. The minimum Gasteiger partial charge on any atom is -0.493 e. The number of rotatable bonds is 10. The average Bonchev–Trinajstić information content (AvgIpc) is 3.17. The summed E-state index contributed by atoms with van der Waals surface area (Å²) in [6.07, 6.45) is 3.81. The second kappa shape index (κ2) is 10.0. The summed E-state index contributed by atoms with van der Waals surface area (Å²) in [5.41, 5.74) is 1.40. The van der Waals surface area contributed by atoms with E-state index in [0.717, 1.165) is 23.6 Å². The molecule has 186 valence electrons. The van der Waals surface area contributed by atoms with Crippen molar-refractivity contribution in [3.8, 4) is 22.6 Å². The van der Waals surface area contributed by atoms with Gasteiger partial charge in [-0.25, -0.2) is 21.6 Å². The van der Waals surface area contributed by atoms with Crippen LogP contribution in [0.4, 0.5) is 0 Å². The number of benzene rings is 1. The lowest BCUT2D eigenvalue weighted by Gasteiger charge is -2.19. The fourth-order valence-corrected chi connectivity index (χ4v) is 6.02. The van der Waals surface area contributed by atoms with E-state index in [9.17, 15) is 21.6 Å². The molecule has 0 aliphatic rings. The van der Waals surface area contributed by atoms with E-state index >= 15 is 0 Å². The Morgan fingerprint density at radius 1 is 1.06 bits per heavy atom. The van der Waals surface area contributed by atoms with Crippen molar-refractivity contribution in [2.45, 2.75) is 6.54 Å². The molecule has 1 N–H and O–H groups in total. The molecule has 0 bridgehead atoms. The number of aromatic nitrogens is 1. The molecule has 1 aromatic carbocycles. The number of hydrogen-bond donors (Lipinski definition) is 1. The standard InChI is InChI=1S/C21H27N3O7S3/c1-23-13-17(14-6-7-18(30-2)19(10-14)31-3)20-16(21(23)25)11-15(32-20)12-24(34(5,28)29)9-8-22-33(4,26)27/h6-7,10-11,13,22H,8-9,12H2,1-5H3. The molecule has 34 heavy (non-hydrogen) atoms. The first-order chi connectivity index (χ1) is 15.8. The monoisotopic (exact) mass is 529 g/mol. The molecule has 0 aliphatic heterocycles. The molecule has 0 saturated heterocycles. The van der Waals surface area contributed by atoms with Crippen LogP contribution in [0, 0.1) is 0 Å². The van der Waals surface area contributed by atoms with Crippen LogP contribution < -0.4 is 19.8 Å². The Balaban J connectivity index is 2.05. The van der Waals surface area contributed by atoms with Gasteiger partial charge in [-0.2, -0.15) is 4.31 Å². The minimum atomic E-state index is -3.62. The summed E-state index contributed by atoms with van der Waals surface area (Å²) in [6.45, 7) is -0.0890. The fourth-order valence-electron chi connectivity index (χ4n) is 3.48. The van der Waals surface area contributed by atoms with Crippen molar-refractivity contribution in [1.29, 1.82) is 0 Å². The molecule has 0 radical (unpaired) electrons. The topological polar surface area (TPSA) is 124 Å². The maximum Gasteiger partial charge on any atom is 0.259 e. The minimum absolute atomic E-state index is 0.0121. The van der Waals surface area contributed by atoms with Crippen LogP contribution in [-0.2, 0) is 33.6 Å². The molecule has 0 saturated carbocycles. The number of fused-ring (bicyclic) bond motifs is 1. The first kappa shape index (κ1) is 26.2. The summed E-state index contributed by atoms with van der Waals surface area (Å²) in [5, 5.41) is 0.470. The number of nitrogens with zero attached hydrogens (tertiary/aromatic N) is 2. The lowest BCUT2D eigenvalue weighted by atomic mass is 10.1. The first-order valence-corrected chi connectivity index (χ1v) is 14.6. The second-order valence-electron chi connectivity index (χ2n) is 7.75. The Labute approximate surface area is 202 Å². The summed E-state index contributed by atoms with van der Waals surface area (Å²) < 4.78 is 63.7. The van der Waals surface area contributed by atoms with E-state index in [4.69, 9.17) is 9.47 Å². The predicted molar refractivity (Wildman–Crippen MR) is 134 cm³/mol. The van der Waals surface area contributed by atoms with Crippen molar-refractivity contribution in [3.63, 3.8) is 0 Å². The van der Waals surface area contributed by atoms with Gasteiger partial charge in [0, 0.05) is 48.0 Å². The third-order valence-corrected chi connectivity index (χ3v) is 8.25. The van der Waals surface area contributed by atoms with Crippen LogP contribution in [0.3, 0.4) is 0 Å². The lowest BCUT2D eigenvalue weighted by molar-refractivity contribution is 0.355. The number of sulfonamides is 2. The Morgan fingerprint density at radius 2 is 1.74 bits per heavy atom. The molecule has 10 nitrogen and oxygen atoms in total. The maximum absolute atomic E-state index is 12.8. The van der Waals surface area contributed by atoms with Gasteiger partial charge in [0.05, 0.1) is 32.1 Å². The van der Waals surface area contributed by atoms with Gasteiger partial charge in [0.2, 0.25) is 20.0 Å². The van der Waals surface area contributed by atoms with Crippen molar-refractivity contribution < 1.29 is 26.3 Å². The molecule has 0 aliphatic carbocycles. The van der Waals surface area contributed by atoms with Crippen molar-refractivity contribution in [1.82, 2.24) is 13.6 Å². The van der Waals surface area contributed by atoms with Crippen molar-refractivity contribution in [2.75, 3.05) is 39.8 Å². The molecule has 0 atom stereocenters. The Hall–Kier alpha value is -2.45. The molecule has 2 aromatic heterocycles. The summed E-state index contributed by atoms with van der Waals surface area (Å²) in [5.74, 6) is 1.12. The highest BCUT2D eigenvalue weighted by Gasteiger charge is 2.21. The normalized spacial score (nSPS) is 12.4. The molecular formula is C21H27N3O7S3. The van der Waals surface area contributed by atoms with E-state index < -0.39 is 20.0 Å². The summed E-state index contributed by atoms with van der Waals surface area (Å²) in [7, 11) is -2.33. The number of thiophene rings is 1. The number of nitrogens with one attached hydrogen (secondary N) is 1. The largest absolute Gasteiger partial charge is 0.493 e. The van der Waals surface area contributed by atoms with Crippen LogP contribution in [0.15, 0.2) is 35.3 Å². The Kier molecular flexibility index (Phi) is 7.72. The van der Waals surface area contributed by atoms with Gasteiger partial charge in [0.25, 0.3) is 5.56 Å². The van der Waals surface area contributed by atoms with Crippen LogP contribution >= 0.6 is 11.3 Å². The van der Waals surface area contributed by atoms with Gasteiger partial charge in [-0.1, -0.05) is 6.07 Å². The van der Waals surface area contributed by atoms with Crippen LogP contribution in [0.1, 0.15) is 4.88 Å². The van der Waals surface area contributed by atoms with Crippen LogP contribution in [-0.4, -0.2) is 65.5 Å².